The van der Waals surface area contributed by atoms with Crippen molar-refractivity contribution in [3.05, 3.63) is 0 Å². The van der Waals surface area contributed by atoms with Crippen molar-refractivity contribution in [2.45, 2.75) is 32.2 Å². The fraction of sp³-hybridized carbons (Fsp3) is 0.900. The Morgan fingerprint density at radius 1 is 1.71 bits per heavy atom. The molecule has 0 aromatic heterocycles. The first-order chi connectivity index (χ1) is 6.74. The minimum atomic E-state index is -0.352. The van der Waals surface area contributed by atoms with Gasteiger partial charge >= 0.3 is 0 Å². The third-order valence-corrected chi connectivity index (χ3v) is 2.65. The summed E-state index contributed by atoms with van der Waals surface area (Å²) in [5.41, 5.74) is 5.57. The fourth-order valence-corrected chi connectivity index (χ4v) is 1.53. The molecule has 0 bridgehead atoms. The Kier molecular flexibility index (Phi) is 4.90. The molecule has 0 aliphatic carbocycles. The Morgan fingerprint density at radius 3 is 3.07 bits per heavy atom. The number of rotatable bonds is 5. The van der Waals surface area contributed by atoms with E-state index in [-0.39, 0.29) is 11.9 Å². The molecule has 3 N–H and O–H groups in total. The lowest BCUT2D eigenvalue weighted by molar-refractivity contribution is -0.122. The average molecular weight is 200 g/mol. The van der Waals surface area contributed by atoms with Crippen molar-refractivity contribution in [2.24, 2.45) is 11.7 Å². The van der Waals surface area contributed by atoms with E-state index in [0.717, 1.165) is 32.6 Å². The fourth-order valence-electron chi connectivity index (χ4n) is 1.53. The summed E-state index contributed by atoms with van der Waals surface area (Å²) in [6.07, 6.45) is 2.82. The third kappa shape index (κ3) is 3.64. The minimum Gasteiger partial charge on any atom is -0.381 e. The van der Waals surface area contributed by atoms with Crippen LogP contribution in [0.4, 0.5) is 0 Å². The largest absolute Gasteiger partial charge is 0.381 e. The topological polar surface area (TPSA) is 64.4 Å². The number of carbonyl (C=O) groups is 1. The lowest BCUT2D eigenvalue weighted by atomic mass is 10.1. The highest BCUT2D eigenvalue weighted by Gasteiger charge is 2.16. The van der Waals surface area contributed by atoms with E-state index in [1.54, 1.807) is 0 Å². The molecule has 4 heteroatoms. The van der Waals surface area contributed by atoms with Crippen LogP contribution < -0.4 is 11.1 Å². The van der Waals surface area contributed by atoms with Gasteiger partial charge in [-0.15, -0.1) is 0 Å². The van der Waals surface area contributed by atoms with Crippen LogP contribution in [-0.2, 0) is 9.53 Å². The number of nitrogens with one attached hydrogen (secondary N) is 1. The first-order valence-corrected chi connectivity index (χ1v) is 5.35. The highest BCUT2D eigenvalue weighted by molar-refractivity contribution is 5.81. The Bertz CT molecular complexity index is 179. The summed E-state index contributed by atoms with van der Waals surface area (Å²) < 4.78 is 5.25. The van der Waals surface area contributed by atoms with Crippen LogP contribution in [0.2, 0.25) is 0 Å². The maximum atomic E-state index is 11.3. The van der Waals surface area contributed by atoms with Crippen molar-refractivity contribution < 1.29 is 9.53 Å². The Balaban J connectivity index is 2.05. The van der Waals surface area contributed by atoms with Crippen molar-refractivity contribution in [1.82, 2.24) is 5.32 Å². The number of carbonyl (C=O) groups excluding carboxylic acids is 1. The first-order valence-electron chi connectivity index (χ1n) is 5.35. The summed E-state index contributed by atoms with van der Waals surface area (Å²) in [4.78, 5) is 11.3. The molecule has 1 amide bonds. The molecular weight excluding hydrogens is 180 g/mol. The van der Waals surface area contributed by atoms with Crippen LogP contribution in [0.3, 0.4) is 0 Å². The molecule has 2 atom stereocenters. The normalized spacial score (nSPS) is 23.4. The highest BCUT2D eigenvalue weighted by atomic mass is 16.5. The molecule has 0 radical (unpaired) electrons. The van der Waals surface area contributed by atoms with Gasteiger partial charge in [-0.1, -0.05) is 6.92 Å². The molecule has 0 spiro atoms. The smallest absolute Gasteiger partial charge is 0.236 e. The maximum absolute atomic E-state index is 11.3. The van der Waals surface area contributed by atoms with Crippen molar-refractivity contribution in [3.63, 3.8) is 0 Å². The van der Waals surface area contributed by atoms with Crippen molar-refractivity contribution in [2.75, 3.05) is 19.8 Å². The molecule has 1 saturated heterocycles. The lowest BCUT2D eigenvalue weighted by Gasteiger charge is -2.11. The Morgan fingerprint density at radius 2 is 2.50 bits per heavy atom. The van der Waals surface area contributed by atoms with Crippen LogP contribution in [0.5, 0.6) is 0 Å². The minimum absolute atomic E-state index is 0.0357. The van der Waals surface area contributed by atoms with Gasteiger partial charge < -0.3 is 15.8 Å². The highest BCUT2D eigenvalue weighted by Crippen LogP contribution is 2.15. The molecule has 0 aromatic rings. The zero-order valence-corrected chi connectivity index (χ0v) is 8.79. The van der Waals surface area contributed by atoms with Gasteiger partial charge in [0, 0.05) is 19.8 Å². The van der Waals surface area contributed by atoms with Gasteiger partial charge in [-0.2, -0.15) is 0 Å². The molecule has 1 heterocycles. The number of nitrogens with two attached hydrogens (primary N) is 1. The predicted octanol–water partition coefficient (Wildman–Crippen LogP) is 0.267. The van der Waals surface area contributed by atoms with E-state index in [2.05, 4.69) is 5.32 Å². The Hall–Kier alpha value is -0.610. The van der Waals surface area contributed by atoms with Crippen LogP contribution in [0.1, 0.15) is 26.2 Å². The standard InChI is InChI=1S/C10H20N2O2/c1-2-9(11)10(13)12-5-3-8-4-6-14-7-8/h8-9H,2-7,11H2,1H3,(H,12,13). The van der Waals surface area contributed by atoms with Crippen LogP contribution in [-0.4, -0.2) is 31.7 Å². The van der Waals surface area contributed by atoms with Crippen LogP contribution >= 0.6 is 0 Å². The van der Waals surface area contributed by atoms with E-state index >= 15 is 0 Å². The molecule has 1 rings (SSSR count). The zero-order valence-electron chi connectivity index (χ0n) is 8.79. The molecule has 1 aliphatic rings. The van der Waals surface area contributed by atoms with Crippen molar-refractivity contribution in [3.8, 4) is 0 Å². The van der Waals surface area contributed by atoms with E-state index in [1.807, 2.05) is 6.92 Å². The molecule has 1 aliphatic heterocycles. The molecule has 0 saturated carbocycles. The van der Waals surface area contributed by atoms with Crippen molar-refractivity contribution >= 4 is 5.91 Å². The predicted molar refractivity (Wildman–Crippen MR) is 54.8 cm³/mol. The van der Waals surface area contributed by atoms with Crippen molar-refractivity contribution in [1.29, 1.82) is 0 Å². The molecule has 82 valence electrons. The molecule has 14 heavy (non-hydrogen) atoms. The third-order valence-electron chi connectivity index (χ3n) is 2.65. The second kappa shape index (κ2) is 5.98. The van der Waals surface area contributed by atoms with E-state index in [1.165, 1.54) is 0 Å². The molecule has 4 nitrogen and oxygen atoms in total. The molecular formula is C10H20N2O2. The number of hydrogen-bond donors (Lipinski definition) is 2. The van der Waals surface area contributed by atoms with E-state index in [0.29, 0.717) is 12.3 Å². The number of amides is 1. The van der Waals surface area contributed by atoms with Gasteiger partial charge in [0.1, 0.15) is 0 Å². The van der Waals surface area contributed by atoms with E-state index < -0.39 is 0 Å². The van der Waals surface area contributed by atoms with Gasteiger partial charge in [0.05, 0.1) is 6.04 Å². The molecule has 0 aromatic carbocycles. The zero-order chi connectivity index (χ0) is 10.4. The summed E-state index contributed by atoms with van der Waals surface area (Å²) in [5.74, 6) is 0.583. The molecule has 2 unspecified atom stereocenters. The average Bonchev–Trinajstić information content (AvgIpc) is 2.69. The van der Waals surface area contributed by atoms with E-state index in [9.17, 15) is 4.79 Å². The second-order valence-corrected chi connectivity index (χ2v) is 3.82. The van der Waals surface area contributed by atoms with Gasteiger partial charge in [-0.3, -0.25) is 4.79 Å². The second-order valence-electron chi connectivity index (χ2n) is 3.82. The first kappa shape index (κ1) is 11.5. The number of hydrogen-bond acceptors (Lipinski definition) is 3. The van der Waals surface area contributed by atoms with Gasteiger partial charge in [0.2, 0.25) is 5.91 Å². The van der Waals surface area contributed by atoms with Crippen LogP contribution in [0.15, 0.2) is 0 Å². The van der Waals surface area contributed by atoms with Gasteiger partial charge in [0.25, 0.3) is 0 Å². The monoisotopic (exact) mass is 200 g/mol. The summed E-state index contributed by atoms with van der Waals surface area (Å²) in [6, 6.07) is -0.352. The van der Waals surface area contributed by atoms with Gasteiger partial charge in [-0.25, -0.2) is 0 Å². The summed E-state index contributed by atoms with van der Waals surface area (Å²) in [7, 11) is 0. The van der Waals surface area contributed by atoms with E-state index in [4.69, 9.17) is 10.5 Å². The van der Waals surface area contributed by atoms with Crippen LogP contribution in [0.25, 0.3) is 0 Å². The van der Waals surface area contributed by atoms with Gasteiger partial charge in [-0.05, 0) is 25.2 Å². The summed E-state index contributed by atoms with van der Waals surface area (Å²) >= 11 is 0. The quantitative estimate of drug-likeness (QED) is 0.669. The SMILES string of the molecule is CCC(N)C(=O)NCCC1CCOC1. The lowest BCUT2D eigenvalue weighted by Crippen LogP contribution is -2.40. The summed E-state index contributed by atoms with van der Waals surface area (Å²) in [5, 5.41) is 2.84. The summed E-state index contributed by atoms with van der Waals surface area (Å²) in [6.45, 7) is 4.35. The Labute approximate surface area is 85.2 Å². The molecule has 1 fully saturated rings. The van der Waals surface area contributed by atoms with Gasteiger partial charge in [0.15, 0.2) is 0 Å². The maximum Gasteiger partial charge on any atom is 0.236 e. The van der Waals surface area contributed by atoms with Crippen LogP contribution in [0, 0.1) is 5.92 Å². The number of ether oxygens (including phenoxy) is 1.